The van der Waals surface area contributed by atoms with E-state index in [1.807, 2.05) is 59.4 Å². The van der Waals surface area contributed by atoms with Gasteiger partial charge in [0.15, 0.2) is 11.5 Å². The molecule has 9 heteroatoms. The molecule has 2 heterocycles. The van der Waals surface area contributed by atoms with Gasteiger partial charge in [0.2, 0.25) is 0 Å². The maximum atomic E-state index is 6.10. The Morgan fingerprint density at radius 1 is 0.842 bits per heavy atom. The third kappa shape index (κ3) is 6.00. The van der Waals surface area contributed by atoms with Crippen LogP contribution >= 0.6 is 0 Å². The molecule has 0 unspecified atom stereocenters. The molecule has 0 amide bonds. The number of hydrogen-bond donors (Lipinski definition) is 1. The molecule has 5 rings (SSSR count). The molecule has 0 saturated heterocycles. The average molecular weight is 516 g/mol. The van der Waals surface area contributed by atoms with Crippen molar-refractivity contribution in [2.45, 2.75) is 26.1 Å². The minimum Gasteiger partial charge on any atom is -0.497 e. The van der Waals surface area contributed by atoms with Crippen molar-refractivity contribution >= 4 is 11.4 Å². The van der Waals surface area contributed by atoms with E-state index in [9.17, 15) is 0 Å². The van der Waals surface area contributed by atoms with E-state index < -0.39 is 0 Å². The molecule has 38 heavy (non-hydrogen) atoms. The third-order valence-electron chi connectivity index (χ3n) is 6.64. The van der Waals surface area contributed by atoms with E-state index >= 15 is 0 Å². The van der Waals surface area contributed by atoms with Gasteiger partial charge in [-0.1, -0.05) is 23.4 Å². The Balaban J connectivity index is 1.15. The maximum Gasteiger partial charge on any atom is 0.161 e. The summed E-state index contributed by atoms with van der Waals surface area (Å²) in [4.78, 5) is 2.42. The minimum atomic E-state index is 0.329. The molecule has 1 aliphatic heterocycles. The molecule has 0 aliphatic carbocycles. The lowest BCUT2D eigenvalue weighted by Crippen LogP contribution is -2.33. The van der Waals surface area contributed by atoms with E-state index in [1.165, 1.54) is 11.1 Å². The highest BCUT2D eigenvalue weighted by Gasteiger charge is 2.19. The molecule has 4 aromatic rings. The standard InChI is InChI=1S/C29H33N5O4/c1-35-25-8-6-7-23(17-25)30-26-9-4-5-10-27(26)38-20-24-19-34(32-31-24)14-13-33-12-11-21-15-28(36-2)29(37-3)16-22(21)18-33/h4-10,15-17,19,30H,11-14,18,20H2,1-3H3. The smallest absolute Gasteiger partial charge is 0.161 e. The number of ether oxygens (including phenoxy) is 4. The van der Waals surface area contributed by atoms with Gasteiger partial charge < -0.3 is 24.3 Å². The van der Waals surface area contributed by atoms with Crippen LogP contribution in [0, 0.1) is 0 Å². The second-order valence-electron chi connectivity index (χ2n) is 9.12. The Hall–Kier alpha value is -4.24. The Labute approximate surface area is 222 Å². The van der Waals surface area contributed by atoms with Gasteiger partial charge >= 0.3 is 0 Å². The van der Waals surface area contributed by atoms with Gasteiger partial charge in [-0.3, -0.25) is 9.58 Å². The number of para-hydroxylation sites is 2. The molecule has 1 aromatic heterocycles. The van der Waals surface area contributed by atoms with Gasteiger partial charge in [-0.05, 0) is 53.9 Å². The molecule has 3 aromatic carbocycles. The van der Waals surface area contributed by atoms with Crippen LogP contribution in [0.3, 0.4) is 0 Å². The second-order valence-corrected chi connectivity index (χ2v) is 9.12. The maximum absolute atomic E-state index is 6.10. The van der Waals surface area contributed by atoms with Crippen molar-refractivity contribution < 1.29 is 18.9 Å². The van der Waals surface area contributed by atoms with Gasteiger partial charge in [0, 0.05) is 31.4 Å². The van der Waals surface area contributed by atoms with Crippen molar-refractivity contribution in [3.05, 3.63) is 83.7 Å². The lowest BCUT2D eigenvalue weighted by molar-refractivity contribution is 0.238. The van der Waals surface area contributed by atoms with Crippen molar-refractivity contribution in [2.24, 2.45) is 0 Å². The molecular formula is C29H33N5O4. The van der Waals surface area contributed by atoms with Crippen molar-refractivity contribution in [1.82, 2.24) is 19.9 Å². The van der Waals surface area contributed by atoms with Crippen LogP contribution < -0.4 is 24.3 Å². The van der Waals surface area contributed by atoms with Crippen LogP contribution in [0.25, 0.3) is 0 Å². The Kier molecular flexibility index (Phi) is 7.94. The van der Waals surface area contributed by atoms with Crippen LogP contribution in [0.2, 0.25) is 0 Å². The van der Waals surface area contributed by atoms with Crippen LogP contribution in [0.1, 0.15) is 16.8 Å². The molecular weight excluding hydrogens is 482 g/mol. The Bertz CT molecular complexity index is 1370. The summed E-state index contributed by atoms with van der Waals surface area (Å²) in [6, 6.07) is 19.8. The molecule has 1 N–H and O–H groups in total. The quantitative estimate of drug-likeness (QED) is 0.308. The first-order chi connectivity index (χ1) is 18.6. The van der Waals surface area contributed by atoms with Crippen LogP contribution in [0.15, 0.2) is 66.9 Å². The number of anilines is 2. The fourth-order valence-electron chi connectivity index (χ4n) is 4.59. The van der Waals surface area contributed by atoms with Gasteiger partial charge in [-0.15, -0.1) is 5.10 Å². The minimum absolute atomic E-state index is 0.329. The molecule has 198 valence electrons. The van der Waals surface area contributed by atoms with E-state index in [1.54, 1.807) is 21.3 Å². The summed E-state index contributed by atoms with van der Waals surface area (Å²) >= 11 is 0. The second kappa shape index (κ2) is 11.9. The van der Waals surface area contributed by atoms with Gasteiger partial charge in [0.25, 0.3) is 0 Å². The number of benzene rings is 3. The highest BCUT2D eigenvalue weighted by Crippen LogP contribution is 2.33. The number of nitrogens with zero attached hydrogens (tertiary/aromatic N) is 4. The Morgan fingerprint density at radius 2 is 1.66 bits per heavy atom. The summed E-state index contributed by atoms with van der Waals surface area (Å²) < 4.78 is 24.2. The summed E-state index contributed by atoms with van der Waals surface area (Å²) in [5, 5.41) is 12.0. The van der Waals surface area contributed by atoms with Gasteiger partial charge in [-0.25, -0.2) is 0 Å². The van der Waals surface area contributed by atoms with E-state index in [2.05, 4.69) is 32.7 Å². The van der Waals surface area contributed by atoms with E-state index in [4.69, 9.17) is 18.9 Å². The van der Waals surface area contributed by atoms with Crippen molar-refractivity contribution in [3.8, 4) is 23.0 Å². The zero-order valence-corrected chi connectivity index (χ0v) is 22.0. The zero-order valence-electron chi connectivity index (χ0n) is 22.0. The number of methoxy groups -OCH3 is 3. The van der Waals surface area contributed by atoms with E-state index in [0.717, 1.165) is 72.7 Å². The third-order valence-corrected chi connectivity index (χ3v) is 6.64. The average Bonchev–Trinajstić information content (AvgIpc) is 3.42. The van der Waals surface area contributed by atoms with Crippen molar-refractivity contribution in [2.75, 3.05) is 39.7 Å². The van der Waals surface area contributed by atoms with Crippen LogP contribution in [-0.4, -0.2) is 54.3 Å². The van der Waals surface area contributed by atoms with Crippen LogP contribution in [-0.2, 0) is 26.1 Å². The molecule has 0 fully saturated rings. The summed E-state index contributed by atoms with van der Waals surface area (Å²) in [6.45, 7) is 3.82. The first-order valence-corrected chi connectivity index (χ1v) is 12.6. The van der Waals surface area contributed by atoms with Gasteiger partial charge in [0.1, 0.15) is 23.8 Å². The molecule has 0 bridgehead atoms. The molecule has 1 aliphatic rings. The number of nitrogens with one attached hydrogen (secondary N) is 1. The number of fused-ring (bicyclic) bond motifs is 1. The van der Waals surface area contributed by atoms with Gasteiger partial charge in [0.05, 0.1) is 39.8 Å². The number of hydrogen-bond acceptors (Lipinski definition) is 8. The lowest BCUT2D eigenvalue weighted by atomic mass is 9.99. The normalized spacial score (nSPS) is 13.0. The predicted molar refractivity (Wildman–Crippen MR) is 146 cm³/mol. The fourth-order valence-corrected chi connectivity index (χ4v) is 4.59. The highest BCUT2D eigenvalue weighted by atomic mass is 16.5. The SMILES string of the molecule is COc1cccc(Nc2ccccc2OCc2cn(CCN3CCc4cc(OC)c(OC)cc4C3)nn2)c1. The summed E-state index contributed by atoms with van der Waals surface area (Å²) in [7, 11) is 5.01. The van der Waals surface area contributed by atoms with Crippen LogP contribution in [0.4, 0.5) is 11.4 Å². The van der Waals surface area contributed by atoms with E-state index in [0.29, 0.717) is 6.61 Å². The fraction of sp³-hybridized carbons (Fsp3) is 0.310. The highest BCUT2D eigenvalue weighted by molar-refractivity contribution is 5.67. The zero-order chi connectivity index (χ0) is 26.3. The largest absolute Gasteiger partial charge is 0.497 e. The monoisotopic (exact) mass is 515 g/mol. The summed E-state index contributed by atoms with van der Waals surface area (Å²) in [5.74, 6) is 3.09. The van der Waals surface area contributed by atoms with Crippen molar-refractivity contribution in [1.29, 1.82) is 0 Å². The Morgan fingerprint density at radius 3 is 2.47 bits per heavy atom. The van der Waals surface area contributed by atoms with Crippen LogP contribution in [0.5, 0.6) is 23.0 Å². The van der Waals surface area contributed by atoms with Gasteiger partial charge in [-0.2, -0.15) is 0 Å². The molecule has 9 nitrogen and oxygen atoms in total. The first kappa shape index (κ1) is 25.4. The first-order valence-electron chi connectivity index (χ1n) is 12.6. The number of rotatable bonds is 11. The van der Waals surface area contributed by atoms with Crippen molar-refractivity contribution in [3.63, 3.8) is 0 Å². The molecule has 0 spiro atoms. The topological polar surface area (TPSA) is 82.9 Å². The molecule has 0 atom stereocenters. The molecule has 0 radical (unpaired) electrons. The van der Waals surface area contributed by atoms with E-state index in [-0.39, 0.29) is 0 Å². The predicted octanol–water partition coefficient (Wildman–Crippen LogP) is 4.68. The lowest BCUT2D eigenvalue weighted by Gasteiger charge is -2.29. The summed E-state index contributed by atoms with van der Waals surface area (Å²) in [6.07, 6.45) is 2.93. The molecule has 0 saturated carbocycles. The summed E-state index contributed by atoms with van der Waals surface area (Å²) in [5.41, 5.74) is 5.17. The number of aromatic nitrogens is 3.